The number of hydrogen-bond donors (Lipinski definition) is 2. The Bertz CT molecular complexity index is 718. The van der Waals surface area contributed by atoms with Gasteiger partial charge in [0.05, 0.1) is 19.0 Å². The van der Waals surface area contributed by atoms with Crippen molar-refractivity contribution in [2.75, 3.05) is 33.4 Å². The summed E-state index contributed by atoms with van der Waals surface area (Å²) in [5.74, 6) is 0.805. The number of hydrogen-bond acceptors (Lipinski definition) is 4. The monoisotopic (exact) mass is 513 g/mol. The van der Waals surface area contributed by atoms with Gasteiger partial charge in [-0.25, -0.2) is 4.98 Å². The summed E-state index contributed by atoms with van der Waals surface area (Å²) in [5.41, 5.74) is 2.48. The second-order valence-corrected chi connectivity index (χ2v) is 6.97. The van der Waals surface area contributed by atoms with Crippen LogP contribution in [0.3, 0.4) is 0 Å². The highest BCUT2D eigenvalue weighted by atomic mass is 127. The lowest BCUT2D eigenvalue weighted by Crippen LogP contribution is -2.37. The Balaban J connectivity index is 0.00000300. The van der Waals surface area contributed by atoms with Crippen molar-refractivity contribution in [3.8, 4) is 0 Å². The van der Waals surface area contributed by atoms with E-state index in [-0.39, 0.29) is 24.0 Å². The molecule has 1 atom stereocenters. The molecule has 1 aromatic carbocycles. The first kappa shape index (κ1) is 23.6. The van der Waals surface area contributed by atoms with E-state index in [2.05, 4.69) is 49.4 Å². The van der Waals surface area contributed by atoms with Gasteiger partial charge in [-0.2, -0.15) is 0 Å². The number of benzene rings is 1. The van der Waals surface area contributed by atoms with Crippen LogP contribution in [-0.4, -0.2) is 55.0 Å². The maximum Gasteiger partial charge on any atom is 0.191 e. The SMILES string of the molecule is CN=C(NCCCOCC1CCCO1)NCc1cccc(Cn2ccnc2)c1.I. The molecule has 8 heteroatoms. The molecular weight excluding hydrogens is 481 g/mol. The van der Waals surface area contributed by atoms with Gasteiger partial charge in [0, 0.05) is 52.3 Å². The average Bonchev–Trinajstić information content (AvgIpc) is 3.41. The predicted molar refractivity (Wildman–Crippen MR) is 126 cm³/mol. The van der Waals surface area contributed by atoms with E-state index >= 15 is 0 Å². The van der Waals surface area contributed by atoms with E-state index in [9.17, 15) is 0 Å². The fourth-order valence-corrected chi connectivity index (χ4v) is 3.21. The third-order valence-electron chi connectivity index (χ3n) is 4.68. The van der Waals surface area contributed by atoms with Crippen LogP contribution in [0.1, 0.15) is 30.4 Å². The second kappa shape index (κ2) is 13.6. The van der Waals surface area contributed by atoms with Gasteiger partial charge in [0.25, 0.3) is 0 Å². The molecule has 1 unspecified atom stereocenters. The van der Waals surface area contributed by atoms with Crippen LogP contribution < -0.4 is 10.6 Å². The topological polar surface area (TPSA) is 72.7 Å². The second-order valence-electron chi connectivity index (χ2n) is 6.97. The number of nitrogens with one attached hydrogen (secondary N) is 2. The van der Waals surface area contributed by atoms with Crippen molar-refractivity contribution in [1.29, 1.82) is 0 Å². The number of rotatable bonds is 10. The Morgan fingerprint density at radius 1 is 1.34 bits per heavy atom. The van der Waals surface area contributed by atoms with Gasteiger partial charge in [-0.1, -0.05) is 24.3 Å². The minimum Gasteiger partial charge on any atom is -0.379 e. The van der Waals surface area contributed by atoms with Crippen molar-refractivity contribution in [2.24, 2.45) is 4.99 Å². The minimum atomic E-state index is 0. The van der Waals surface area contributed by atoms with Crippen LogP contribution in [0.4, 0.5) is 0 Å². The molecule has 1 aliphatic heterocycles. The van der Waals surface area contributed by atoms with E-state index < -0.39 is 0 Å². The molecular formula is C21H32IN5O2. The summed E-state index contributed by atoms with van der Waals surface area (Å²) in [6.07, 6.45) is 9.12. The summed E-state index contributed by atoms with van der Waals surface area (Å²) in [6, 6.07) is 8.55. The van der Waals surface area contributed by atoms with Gasteiger partial charge in [-0.05, 0) is 30.4 Å². The zero-order valence-electron chi connectivity index (χ0n) is 17.0. The summed E-state index contributed by atoms with van der Waals surface area (Å²) in [7, 11) is 1.79. The molecule has 2 N–H and O–H groups in total. The molecule has 160 valence electrons. The summed E-state index contributed by atoms with van der Waals surface area (Å²) in [4.78, 5) is 8.38. The highest BCUT2D eigenvalue weighted by Gasteiger charge is 2.14. The predicted octanol–water partition coefficient (Wildman–Crippen LogP) is 2.80. The zero-order valence-corrected chi connectivity index (χ0v) is 19.4. The largest absolute Gasteiger partial charge is 0.379 e. The van der Waals surface area contributed by atoms with Crippen LogP contribution >= 0.6 is 24.0 Å². The average molecular weight is 513 g/mol. The fourth-order valence-electron chi connectivity index (χ4n) is 3.21. The van der Waals surface area contributed by atoms with E-state index in [0.717, 1.165) is 58.1 Å². The summed E-state index contributed by atoms with van der Waals surface area (Å²) >= 11 is 0. The normalized spacial score (nSPS) is 16.4. The Hall–Kier alpha value is -1.65. The molecule has 7 nitrogen and oxygen atoms in total. The molecule has 2 aromatic rings. The maximum atomic E-state index is 5.69. The van der Waals surface area contributed by atoms with Gasteiger partial charge in [-0.3, -0.25) is 4.99 Å². The van der Waals surface area contributed by atoms with Crippen LogP contribution in [0.15, 0.2) is 48.0 Å². The van der Waals surface area contributed by atoms with Crippen molar-refractivity contribution in [2.45, 2.75) is 38.5 Å². The zero-order chi connectivity index (χ0) is 19.4. The maximum absolute atomic E-state index is 5.69. The Morgan fingerprint density at radius 3 is 3.00 bits per heavy atom. The lowest BCUT2D eigenvalue weighted by molar-refractivity contribution is 0.0168. The number of guanidine groups is 1. The first-order chi connectivity index (χ1) is 13.8. The van der Waals surface area contributed by atoms with E-state index in [0.29, 0.717) is 12.7 Å². The number of ether oxygens (including phenoxy) is 2. The standard InChI is InChI=1S/C21H31N5O2.HI/c1-22-21(24-8-4-11-27-16-20-7-3-12-28-20)25-14-18-5-2-6-19(13-18)15-26-10-9-23-17-26;/h2,5-6,9-10,13,17,20H,3-4,7-8,11-12,14-16H2,1H3,(H2,22,24,25);1H. The summed E-state index contributed by atoms with van der Waals surface area (Å²) < 4.78 is 13.3. The molecule has 0 amide bonds. The first-order valence-electron chi connectivity index (χ1n) is 10.0. The van der Waals surface area contributed by atoms with Crippen molar-refractivity contribution in [3.63, 3.8) is 0 Å². The molecule has 0 radical (unpaired) electrons. The molecule has 0 saturated carbocycles. The van der Waals surface area contributed by atoms with Gasteiger partial charge in [0.1, 0.15) is 0 Å². The van der Waals surface area contributed by atoms with Crippen LogP contribution in [0.5, 0.6) is 0 Å². The Morgan fingerprint density at radius 2 is 2.24 bits per heavy atom. The lowest BCUT2D eigenvalue weighted by atomic mass is 10.1. The van der Waals surface area contributed by atoms with E-state index in [4.69, 9.17) is 9.47 Å². The van der Waals surface area contributed by atoms with Crippen molar-refractivity contribution in [1.82, 2.24) is 20.2 Å². The van der Waals surface area contributed by atoms with Gasteiger partial charge >= 0.3 is 0 Å². The fraction of sp³-hybridized carbons (Fsp3) is 0.524. The van der Waals surface area contributed by atoms with Gasteiger partial charge < -0.3 is 24.7 Å². The van der Waals surface area contributed by atoms with Gasteiger partial charge in [0.15, 0.2) is 5.96 Å². The van der Waals surface area contributed by atoms with Crippen LogP contribution in [-0.2, 0) is 22.6 Å². The highest BCUT2D eigenvalue weighted by Crippen LogP contribution is 2.11. The highest BCUT2D eigenvalue weighted by molar-refractivity contribution is 14.0. The number of aliphatic imine (C=N–C) groups is 1. The number of halogens is 1. The molecule has 0 aliphatic carbocycles. The molecule has 1 aromatic heterocycles. The molecule has 0 bridgehead atoms. The summed E-state index contributed by atoms with van der Waals surface area (Å²) in [6.45, 7) is 4.71. The number of imidazole rings is 1. The molecule has 0 spiro atoms. The van der Waals surface area contributed by atoms with Crippen LogP contribution in [0.2, 0.25) is 0 Å². The van der Waals surface area contributed by atoms with E-state index in [1.165, 1.54) is 11.1 Å². The number of aromatic nitrogens is 2. The first-order valence-corrected chi connectivity index (χ1v) is 10.0. The number of nitrogens with zero attached hydrogens (tertiary/aromatic N) is 3. The molecule has 29 heavy (non-hydrogen) atoms. The Labute approximate surface area is 190 Å². The van der Waals surface area contributed by atoms with Crippen molar-refractivity contribution >= 4 is 29.9 Å². The smallest absolute Gasteiger partial charge is 0.191 e. The Kier molecular flexibility index (Phi) is 11.0. The lowest BCUT2D eigenvalue weighted by Gasteiger charge is -2.13. The third kappa shape index (κ3) is 8.71. The molecule has 2 heterocycles. The molecule has 3 rings (SSSR count). The van der Waals surface area contributed by atoms with E-state index in [1.54, 1.807) is 13.2 Å². The minimum absolute atomic E-state index is 0. The van der Waals surface area contributed by atoms with Gasteiger partial charge in [-0.15, -0.1) is 24.0 Å². The van der Waals surface area contributed by atoms with Crippen LogP contribution in [0.25, 0.3) is 0 Å². The molecule has 1 saturated heterocycles. The van der Waals surface area contributed by atoms with E-state index in [1.807, 2.05) is 12.5 Å². The van der Waals surface area contributed by atoms with Crippen LogP contribution in [0, 0.1) is 0 Å². The summed E-state index contributed by atoms with van der Waals surface area (Å²) in [5, 5.41) is 6.70. The third-order valence-corrected chi connectivity index (χ3v) is 4.68. The molecule has 1 fully saturated rings. The van der Waals surface area contributed by atoms with Crippen molar-refractivity contribution in [3.05, 3.63) is 54.1 Å². The quantitative estimate of drug-likeness (QED) is 0.221. The van der Waals surface area contributed by atoms with Gasteiger partial charge in [0.2, 0.25) is 0 Å². The molecule has 1 aliphatic rings. The van der Waals surface area contributed by atoms with Crippen molar-refractivity contribution < 1.29 is 9.47 Å².